The molecule has 2 rings (SSSR count). The van der Waals surface area contributed by atoms with Crippen LogP contribution in [0, 0.1) is 5.82 Å². The van der Waals surface area contributed by atoms with Crippen LogP contribution in [0.1, 0.15) is 35.8 Å². The predicted molar refractivity (Wildman–Crippen MR) is 75.5 cm³/mol. The summed E-state index contributed by atoms with van der Waals surface area (Å²) in [5.74, 6) is -0.396. The molecule has 0 radical (unpaired) electrons. The smallest absolute Gasteiger partial charge is 0.256 e. The molecule has 0 aromatic carbocycles. The summed E-state index contributed by atoms with van der Waals surface area (Å²) in [6, 6.07) is 5.77. The summed E-state index contributed by atoms with van der Waals surface area (Å²) >= 11 is 5.91. The quantitative estimate of drug-likeness (QED) is 0.879. The highest BCUT2D eigenvalue weighted by atomic mass is 35.5. The summed E-state index contributed by atoms with van der Waals surface area (Å²) in [5.41, 5.74) is 1.12. The number of pyridine rings is 2. The van der Waals surface area contributed by atoms with E-state index in [0.717, 1.165) is 11.9 Å². The lowest BCUT2D eigenvalue weighted by Crippen LogP contribution is -2.14. The van der Waals surface area contributed by atoms with E-state index in [9.17, 15) is 9.18 Å². The molecule has 6 heteroatoms. The third-order valence-corrected chi connectivity index (χ3v) is 2.83. The Hall–Kier alpha value is -2.01. The first-order valence-corrected chi connectivity index (χ1v) is 6.44. The van der Waals surface area contributed by atoms with Gasteiger partial charge in [0.25, 0.3) is 5.91 Å². The van der Waals surface area contributed by atoms with Gasteiger partial charge in [0.2, 0.25) is 0 Å². The molecule has 0 aliphatic carbocycles. The van der Waals surface area contributed by atoms with Crippen molar-refractivity contribution in [2.75, 3.05) is 5.32 Å². The van der Waals surface area contributed by atoms with Crippen LogP contribution in [0.4, 0.5) is 10.2 Å². The average Bonchev–Trinajstić information content (AvgIpc) is 2.40. The standard InChI is InChI=1S/C14H13ClFN3O/c1-8(2)11-5-9(6-12(15)18-11)14(20)19-13-4-3-10(16)7-17-13/h3-8H,1-2H3,(H,17,19,20). The fourth-order valence-corrected chi connectivity index (χ4v) is 1.80. The molecule has 4 nitrogen and oxygen atoms in total. The van der Waals surface area contributed by atoms with Gasteiger partial charge in [0.15, 0.2) is 0 Å². The maximum Gasteiger partial charge on any atom is 0.256 e. The van der Waals surface area contributed by atoms with Gasteiger partial charge in [0.1, 0.15) is 16.8 Å². The number of rotatable bonds is 3. The van der Waals surface area contributed by atoms with Crippen LogP contribution in [0.2, 0.25) is 5.15 Å². The Labute approximate surface area is 121 Å². The van der Waals surface area contributed by atoms with Crippen LogP contribution in [0.5, 0.6) is 0 Å². The van der Waals surface area contributed by atoms with Gasteiger partial charge < -0.3 is 5.32 Å². The summed E-state index contributed by atoms with van der Waals surface area (Å²) in [4.78, 5) is 20.0. The van der Waals surface area contributed by atoms with Crippen LogP contribution in [-0.2, 0) is 0 Å². The third kappa shape index (κ3) is 3.51. The molecule has 0 aliphatic heterocycles. The van der Waals surface area contributed by atoms with E-state index < -0.39 is 5.82 Å². The molecule has 0 fully saturated rings. The van der Waals surface area contributed by atoms with Gasteiger partial charge in [-0.25, -0.2) is 14.4 Å². The molecule has 0 spiro atoms. The summed E-state index contributed by atoms with van der Waals surface area (Å²) in [7, 11) is 0. The van der Waals surface area contributed by atoms with Crippen LogP contribution in [0.25, 0.3) is 0 Å². The highest BCUT2D eigenvalue weighted by Crippen LogP contribution is 2.18. The fourth-order valence-electron chi connectivity index (χ4n) is 1.58. The van der Waals surface area contributed by atoms with Gasteiger partial charge >= 0.3 is 0 Å². The minimum absolute atomic E-state index is 0.157. The summed E-state index contributed by atoms with van der Waals surface area (Å²) in [5, 5.41) is 2.83. The summed E-state index contributed by atoms with van der Waals surface area (Å²) in [6.07, 6.45) is 1.04. The lowest BCUT2D eigenvalue weighted by molar-refractivity contribution is 0.102. The van der Waals surface area contributed by atoms with E-state index in [1.807, 2.05) is 13.8 Å². The van der Waals surface area contributed by atoms with Crippen molar-refractivity contribution in [1.82, 2.24) is 9.97 Å². The number of aromatic nitrogens is 2. The van der Waals surface area contributed by atoms with Crippen molar-refractivity contribution >= 4 is 23.3 Å². The number of anilines is 1. The molecule has 1 N–H and O–H groups in total. The Morgan fingerprint density at radius 3 is 2.70 bits per heavy atom. The van der Waals surface area contributed by atoms with Crippen molar-refractivity contribution in [2.45, 2.75) is 19.8 Å². The van der Waals surface area contributed by atoms with Crippen LogP contribution in [0.3, 0.4) is 0 Å². The molecule has 104 valence electrons. The zero-order valence-corrected chi connectivity index (χ0v) is 11.8. The molecule has 2 aromatic rings. The number of amides is 1. The lowest BCUT2D eigenvalue weighted by Gasteiger charge is -2.09. The third-order valence-electron chi connectivity index (χ3n) is 2.64. The first kappa shape index (κ1) is 14.4. The minimum atomic E-state index is -0.461. The van der Waals surface area contributed by atoms with E-state index in [4.69, 9.17) is 11.6 Å². The second-order valence-corrected chi connectivity index (χ2v) is 4.96. The Balaban J connectivity index is 2.22. The molecule has 0 saturated heterocycles. The number of hydrogen-bond donors (Lipinski definition) is 1. The SMILES string of the molecule is CC(C)c1cc(C(=O)Nc2ccc(F)cn2)cc(Cl)n1. The van der Waals surface area contributed by atoms with E-state index >= 15 is 0 Å². The van der Waals surface area contributed by atoms with E-state index in [-0.39, 0.29) is 22.8 Å². The topological polar surface area (TPSA) is 54.9 Å². The van der Waals surface area contributed by atoms with Gasteiger partial charge in [-0.15, -0.1) is 0 Å². The molecule has 0 bridgehead atoms. The van der Waals surface area contributed by atoms with Gasteiger partial charge in [-0.1, -0.05) is 25.4 Å². The van der Waals surface area contributed by atoms with Crippen molar-refractivity contribution in [1.29, 1.82) is 0 Å². The molecule has 1 amide bonds. The Kier molecular flexibility index (Phi) is 4.29. The molecule has 0 aliphatic rings. The largest absolute Gasteiger partial charge is 0.307 e. The molecule has 20 heavy (non-hydrogen) atoms. The van der Waals surface area contributed by atoms with Gasteiger partial charge in [0.05, 0.1) is 6.20 Å². The number of nitrogens with zero attached hydrogens (tertiary/aromatic N) is 2. The normalized spacial score (nSPS) is 10.7. The Bertz CT molecular complexity index is 629. The van der Waals surface area contributed by atoms with Crippen molar-refractivity contribution in [3.63, 3.8) is 0 Å². The van der Waals surface area contributed by atoms with Crippen LogP contribution in [-0.4, -0.2) is 15.9 Å². The van der Waals surface area contributed by atoms with E-state index in [2.05, 4.69) is 15.3 Å². The predicted octanol–water partition coefficient (Wildman–Crippen LogP) is 3.64. The molecular weight excluding hydrogens is 281 g/mol. The van der Waals surface area contributed by atoms with Gasteiger partial charge in [-0.3, -0.25) is 4.79 Å². The van der Waals surface area contributed by atoms with E-state index in [1.165, 1.54) is 18.2 Å². The maximum absolute atomic E-state index is 12.7. The number of hydrogen-bond acceptors (Lipinski definition) is 3. The summed E-state index contributed by atoms with van der Waals surface area (Å²) in [6.45, 7) is 3.92. The highest BCUT2D eigenvalue weighted by Gasteiger charge is 2.12. The summed E-state index contributed by atoms with van der Waals surface area (Å²) < 4.78 is 12.7. The molecule has 2 aromatic heterocycles. The van der Waals surface area contributed by atoms with Gasteiger partial charge in [0, 0.05) is 11.3 Å². The molecule has 0 saturated carbocycles. The molecule has 2 heterocycles. The lowest BCUT2D eigenvalue weighted by atomic mass is 10.1. The zero-order chi connectivity index (χ0) is 14.7. The van der Waals surface area contributed by atoms with Gasteiger partial charge in [-0.2, -0.15) is 0 Å². The van der Waals surface area contributed by atoms with Crippen LogP contribution >= 0.6 is 11.6 Å². The fraction of sp³-hybridized carbons (Fsp3) is 0.214. The number of carbonyl (C=O) groups excluding carboxylic acids is 1. The first-order chi connectivity index (χ1) is 9.45. The number of halogens is 2. The second kappa shape index (κ2) is 5.96. The highest BCUT2D eigenvalue weighted by molar-refractivity contribution is 6.29. The second-order valence-electron chi connectivity index (χ2n) is 4.57. The van der Waals surface area contributed by atoms with E-state index in [0.29, 0.717) is 5.56 Å². The van der Waals surface area contributed by atoms with Crippen molar-refractivity contribution in [2.24, 2.45) is 0 Å². The van der Waals surface area contributed by atoms with Crippen molar-refractivity contribution < 1.29 is 9.18 Å². The van der Waals surface area contributed by atoms with Crippen molar-refractivity contribution in [3.8, 4) is 0 Å². The zero-order valence-electron chi connectivity index (χ0n) is 11.0. The van der Waals surface area contributed by atoms with Gasteiger partial charge in [-0.05, 0) is 30.2 Å². The molecule has 0 atom stereocenters. The van der Waals surface area contributed by atoms with Crippen molar-refractivity contribution in [3.05, 3.63) is 52.7 Å². The molecular formula is C14H13ClFN3O. The number of carbonyl (C=O) groups is 1. The first-order valence-electron chi connectivity index (χ1n) is 6.06. The Morgan fingerprint density at radius 1 is 1.35 bits per heavy atom. The average molecular weight is 294 g/mol. The number of nitrogens with one attached hydrogen (secondary N) is 1. The maximum atomic E-state index is 12.7. The van der Waals surface area contributed by atoms with E-state index in [1.54, 1.807) is 6.07 Å². The minimum Gasteiger partial charge on any atom is -0.307 e. The molecule has 0 unspecified atom stereocenters. The van der Waals surface area contributed by atoms with Crippen LogP contribution < -0.4 is 5.32 Å². The monoisotopic (exact) mass is 293 g/mol. The van der Waals surface area contributed by atoms with Crippen LogP contribution in [0.15, 0.2) is 30.5 Å². The Morgan fingerprint density at radius 2 is 2.10 bits per heavy atom.